The summed E-state index contributed by atoms with van der Waals surface area (Å²) in [5.41, 5.74) is 5.91. The molecule has 0 radical (unpaired) electrons. The average Bonchev–Trinajstić information content (AvgIpc) is 2.51. The van der Waals surface area contributed by atoms with E-state index in [4.69, 9.17) is 5.73 Å². The molecule has 126 valence electrons. The number of carboxylic acids is 1. The van der Waals surface area contributed by atoms with E-state index in [0.717, 1.165) is 0 Å². The lowest BCUT2D eigenvalue weighted by molar-refractivity contribution is -0.160. The first-order valence-corrected chi connectivity index (χ1v) is 8.26. The van der Waals surface area contributed by atoms with Gasteiger partial charge in [0.15, 0.2) is 6.04 Å². The van der Waals surface area contributed by atoms with Gasteiger partial charge in [-0.2, -0.15) is 0 Å². The molecule has 8 nitrogen and oxygen atoms in total. The molecule has 3 unspecified atom stereocenters. The second kappa shape index (κ2) is 7.14. The molecule has 23 heavy (non-hydrogen) atoms. The molecule has 9 heteroatoms. The Hall–Kier alpha value is -1.87. The van der Waals surface area contributed by atoms with E-state index >= 15 is 0 Å². The number of nitrogens with one attached hydrogen (secondary N) is 1. The fourth-order valence-corrected chi connectivity index (χ4v) is 3.95. The summed E-state index contributed by atoms with van der Waals surface area (Å²) in [6.07, 6.45) is 1.64. The van der Waals surface area contributed by atoms with Gasteiger partial charge in [0.1, 0.15) is 17.7 Å². The third-order valence-electron chi connectivity index (χ3n) is 3.85. The maximum absolute atomic E-state index is 12.1. The first-order valence-electron chi connectivity index (χ1n) is 7.21. The normalized spacial score (nSPS) is 27.7. The summed E-state index contributed by atoms with van der Waals surface area (Å²) in [5, 5.41) is 11.5. The largest absolute Gasteiger partial charge is 0.479 e. The topological polar surface area (TPSA) is 130 Å². The first-order chi connectivity index (χ1) is 10.9. The molecule has 2 aliphatic rings. The number of nitrogens with zero attached hydrogens (tertiary/aromatic N) is 1. The predicted octanol–water partition coefficient (Wildman–Crippen LogP) is -0.908. The highest BCUT2D eigenvalue weighted by Crippen LogP contribution is 2.39. The van der Waals surface area contributed by atoms with Crippen molar-refractivity contribution in [3.05, 3.63) is 12.2 Å². The van der Waals surface area contributed by atoms with Gasteiger partial charge in [0, 0.05) is 12.2 Å². The molecule has 2 heterocycles. The van der Waals surface area contributed by atoms with Crippen molar-refractivity contribution in [2.45, 2.75) is 42.8 Å². The smallest absolute Gasteiger partial charge is 0.330 e. The van der Waals surface area contributed by atoms with E-state index in [1.54, 1.807) is 0 Å². The number of nitrogens with two attached hydrogens (primary N) is 1. The fourth-order valence-electron chi connectivity index (χ4n) is 2.64. The van der Waals surface area contributed by atoms with Crippen LogP contribution in [0.25, 0.3) is 0 Å². The molecule has 4 N–H and O–H groups in total. The van der Waals surface area contributed by atoms with Crippen molar-refractivity contribution in [3.8, 4) is 0 Å². The van der Waals surface area contributed by atoms with Crippen LogP contribution in [0.4, 0.5) is 0 Å². The quantitative estimate of drug-likeness (QED) is 0.310. The Balaban J connectivity index is 1.87. The van der Waals surface area contributed by atoms with E-state index < -0.39 is 30.0 Å². The molecule has 0 aromatic rings. The van der Waals surface area contributed by atoms with Crippen molar-refractivity contribution in [1.82, 2.24) is 10.2 Å². The van der Waals surface area contributed by atoms with Gasteiger partial charge in [-0.3, -0.25) is 9.59 Å². The van der Waals surface area contributed by atoms with E-state index in [1.165, 1.54) is 16.7 Å². The molecule has 4 atom stereocenters. The Labute approximate surface area is 137 Å². The summed E-state index contributed by atoms with van der Waals surface area (Å²) < 4.78 is 0. The van der Waals surface area contributed by atoms with Crippen molar-refractivity contribution < 1.29 is 24.3 Å². The van der Waals surface area contributed by atoms with Gasteiger partial charge in [-0.1, -0.05) is 6.58 Å². The molecule has 0 aliphatic carbocycles. The fraction of sp³-hybridized carbons (Fsp3) is 0.571. The third kappa shape index (κ3) is 3.56. The third-order valence-corrected chi connectivity index (χ3v) is 5.23. The van der Waals surface area contributed by atoms with Gasteiger partial charge in [0.25, 0.3) is 0 Å². The molecule has 2 amide bonds. The number of aldehydes is 1. The van der Waals surface area contributed by atoms with Crippen molar-refractivity contribution in [1.29, 1.82) is 0 Å². The molecular weight excluding hydrogens is 322 g/mol. The lowest BCUT2D eigenvalue weighted by Crippen LogP contribution is -2.74. The molecule has 0 bridgehead atoms. The van der Waals surface area contributed by atoms with E-state index in [1.807, 2.05) is 0 Å². The molecule has 2 fully saturated rings. The second-order valence-electron chi connectivity index (χ2n) is 5.58. The summed E-state index contributed by atoms with van der Waals surface area (Å²) in [5.74, 6) is -1.39. The minimum absolute atomic E-state index is 0.164. The highest BCUT2D eigenvalue weighted by atomic mass is 32.2. The summed E-state index contributed by atoms with van der Waals surface area (Å²) in [6.45, 7) is 3.70. The molecule has 0 saturated carbocycles. The Morgan fingerprint density at radius 2 is 2.26 bits per heavy atom. The lowest BCUT2D eigenvalue weighted by atomic mass is 9.98. The number of hydrogen-bond acceptors (Lipinski definition) is 6. The zero-order valence-electron chi connectivity index (χ0n) is 12.4. The van der Waals surface area contributed by atoms with Crippen molar-refractivity contribution >= 4 is 35.8 Å². The average molecular weight is 341 g/mol. The first kappa shape index (κ1) is 17.5. The van der Waals surface area contributed by atoms with Gasteiger partial charge in [-0.05, 0) is 18.4 Å². The van der Waals surface area contributed by atoms with Crippen LogP contribution in [-0.2, 0) is 19.2 Å². The van der Waals surface area contributed by atoms with Crippen LogP contribution in [0.2, 0.25) is 0 Å². The van der Waals surface area contributed by atoms with Crippen LogP contribution in [-0.4, -0.2) is 63.3 Å². The number of β-lactam (4-membered cyclic amide) rings is 1. The minimum Gasteiger partial charge on any atom is -0.479 e. The van der Waals surface area contributed by atoms with Crippen LogP contribution in [0.5, 0.6) is 0 Å². The molecule has 2 saturated heterocycles. The Kier molecular flexibility index (Phi) is 5.42. The zero-order chi connectivity index (χ0) is 17.1. The summed E-state index contributed by atoms with van der Waals surface area (Å²) >= 11 is 1.39. The van der Waals surface area contributed by atoms with Crippen LogP contribution < -0.4 is 11.1 Å². The number of carboxylic acid groups (broad SMARTS) is 1. The van der Waals surface area contributed by atoms with Gasteiger partial charge >= 0.3 is 5.97 Å². The van der Waals surface area contributed by atoms with Gasteiger partial charge in [0.05, 0.1) is 6.04 Å². The lowest BCUT2D eigenvalue weighted by Gasteiger charge is -2.52. The summed E-state index contributed by atoms with van der Waals surface area (Å²) in [4.78, 5) is 46.9. The van der Waals surface area contributed by atoms with Crippen LogP contribution in [0.15, 0.2) is 12.2 Å². The standard InChI is InChI=1S/C14H19N3O5S/c1-7-6-23-13-10(12(20)17(13)11(7)14(21)22)16-9(19)4-2-3-8(15)5-18/h5,8,10-11,13H,1-4,6,15H2,(H,16,19)(H,21,22)/t8?,10?,11?,13-/m0/s1. The highest BCUT2D eigenvalue weighted by molar-refractivity contribution is 8.00. The van der Waals surface area contributed by atoms with Crippen LogP contribution >= 0.6 is 11.8 Å². The monoisotopic (exact) mass is 341 g/mol. The van der Waals surface area contributed by atoms with Crippen molar-refractivity contribution in [2.75, 3.05) is 5.75 Å². The van der Waals surface area contributed by atoms with Gasteiger partial charge in [0.2, 0.25) is 11.8 Å². The van der Waals surface area contributed by atoms with Crippen LogP contribution in [0, 0.1) is 0 Å². The number of carbonyl (C=O) groups excluding carboxylic acids is 3. The highest BCUT2D eigenvalue weighted by Gasteiger charge is 2.56. The number of rotatable bonds is 7. The zero-order valence-corrected chi connectivity index (χ0v) is 13.3. The van der Waals surface area contributed by atoms with Gasteiger partial charge < -0.3 is 25.9 Å². The van der Waals surface area contributed by atoms with E-state index in [2.05, 4.69) is 11.9 Å². The molecule has 0 spiro atoms. The van der Waals surface area contributed by atoms with Crippen LogP contribution in [0.1, 0.15) is 19.3 Å². The maximum Gasteiger partial charge on any atom is 0.330 e. The predicted molar refractivity (Wildman–Crippen MR) is 83.5 cm³/mol. The Bertz CT molecular complexity index is 553. The maximum atomic E-state index is 12.1. The van der Waals surface area contributed by atoms with E-state index in [-0.39, 0.29) is 17.7 Å². The number of aliphatic carboxylic acids is 1. The van der Waals surface area contributed by atoms with E-state index in [9.17, 15) is 24.3 Å². The molecule has 2 aliphatic heterocycles. The molecule has 2 rings (SSSR count). The second-order valence-corrected chi connectivity index (χ2v) is 6.69. The van der Waals surface area contributed by atoms with E-state index in [0.29, 0.717) is 30.5 Å². The number of carbonyl (C=O) groups is 4. The Morgan fingerprint density at radius 1 is 1.57 bits per heavy atom. The van der Waals surface area contributed by atoms with Gasteiger partial charge in [-0.15, -0.1) is 11.8 Å². The summed E-state index contributed by atoms with van der Waals surface area (Å²) in [6, 6.07) is -2.31. The number of thioether (sulfide) groups is 1. The number of fused-ring (bicyclic) bond motifs is 1. The minimum atomic E-state index is -1.11. The Morgan fingerprint density at radius 3 is 2.87 bits per heavy atom. The molecule has 0 aromatic heterocycles. The SMILES string of the molecule is C=C1CS[C@H]2C(NC(=O)CCCC(N)C=O)C(=O)N2C1C(=O)O. The molecule has 0 aromatic carbocycles. The van der Waals surface area contributed by atoms with Gasteiger partial charge in [-0.25, -0.2) is 4.79 Å². The van der Waals surface area contributed by atoms with Crippen molar-refractivity contribution in [3.63, 3.8) is 0 Å². The molecular formula is C14H19N3O5S. The van der Waals surface area contributed by atoms with Crippen molar-refractivity contribution in [2.24, 2.45) is 5.73 Å². The summed E-state index contributed by atoms with van der Waals surface area (Å²) in [7, 11) is 0. The number of amides is 2. The van der Waals surface area contributed by atoms with Crippen LogP contribution in [0.3, 0.4) is 0 Å². The number of hydrogen-bond donors (Lipinski definition) is 3.